The van der Waals surface area contributed by atoms with Crippen LogP contribution in [0.5, 0.6) is 0 Å². The van der Waals surface area contributed by atoms with E-state index in [9.17, 15) is 9.59 Å². The van der Waals surface area contributed by atoms with Crippen molar-refractivity contribution in [1.29, 1.82) is 0 Å². The van der Waals surface area contributed by atoms with Crippen LogP contribution in [0.2, 0.25) is 5.02 Å². The number of amides is 2. The van der Waals surface area contributed by atoms with E-state index in [2.05, 4.69) is 15.5 Å². The Hall–Kier alpha value is -2.42. The van der Waals surface area contributed by atoms with E-state index in [4.69, 9.17) is 11.6 Å². The van der Waals surface area contributed by atoms with Gasteiger partial charge in [0.15, 0.2) is 4.34 Å². The van der Waals surface area contributed by atoms with Crippen molar-refractivity contribution in [3.05, 3.63) is 64.7 Å². The minimum atomic E-state index is -0.534. The molecule has 0 radical (unpaired) electrons. The molecule has 6 nitrogen and oxygen atoms in total. The molecule has 0 aliphatic heterocycles. The van der Waals surface area contributed by atoms with E-state index < -0.39 is 5.25 Å². The fourth-order valence-corrected chi connectivity index (χ4v) is 5.44. The average molecular weight is 473 g/mol. The standard InChI is InChI=1S/C22H21ClN4O2S2/c1-13-8-9-16(12-18(13)23)24-20(29)19(15-6-4-3-5-7-15)30-22-26-25-21(31-22)27(14(2)28)17-10-11-17/h3-9,12,17,19H,10-11H2,1-2H3,(H,24,29). The predicted octanol–water partition coefficient (Wildman–Crippen LogP) is 5.49. The summed E-state index contributed by atoms with van der Waals surface area (Å²) in [5.74, 6) is -0.220. The molecule has 4 rings (SSSR count). The molecule has 0 spiro atoms. The van der Waals surface area contributed by atoms with E-state index >= 15 is 0 Å². The van der Waals surface area contributed by atoms with Gasteiger partial charge in [0.2, 0.25) is 16.9 Å². The van der Waals surface area contributed by atoms with Gasteiger partial charge in [-0.2, -0.15) is 0 Å². The minimum Gasteiger partial charge on any atom is -0.325 e. The molecule has 0 saturated heterocycles. The first-order valence-electron chi connectivity index (χ1n) is 9.84. The number of hydrogen-bond acceptors (Lipinski definition) is 6. The Bertz CT molecular complexity index is 1100. The number of thioether (sulfide) groups is 1. The van der Waals surface area contributed by atoms with Crippen molar-refractivity contribution in [2.45, 2.75) is 42.3 Å². The summed E-state index contributed by atoms with van der Waals surface area (Å²) in [6.45, 7) is 3.45. The van der Waals surface area contributed by atoms with Crippen molar-refractivity contribution in [2.75, 3.05) is 10.2 Å². The molecule has 3 aromatic rings. The number of hydrogen-bond donors (Lipinski definition) is 1. The number of carbonyl (C=O) groups is 2. The average Bonchev–Trinajstić information content (AvgIpc) is 3.47. The second-order valence-corrected chi connectivity index (χ2v) is 10.0. The highest BCUT2D eigenvalue weighted by molar-refractivity contribution is 8.02. The molecule has 1 heterocycles. The van der Waals surface area contributed by atoms with Gasteiger partial charge in [0, 0.05) is 23.7 Å². The maximum absolute atomic E-state index is 13.2. The van der Waals surface area contributed by atoms with Crippen molar-refractivity contribution in [3.63, 3.8) is 0 Å². The van der Waals surface area contributed by atoms with Gasteiger partial charge in [-0.25, -0.2) is 0 Å². The molecule has 1 fully saturated rings. The van der Waals surface area contributed by atoms with Gasteiger partial charge < -0.3 is 5.32 Å². The summed E-state index contributed by atoms with van der Waals surface area (Å²) in [6, 6.07) is 15.2. The summed E-state index contributed by atoms with van der Waals surface area (Å²) < 4.78 is 0.632. The lowest BCUT2D eigenvalue weighted by Crippen LogP contribution is -2.30. The Morgan fingerprint density at radius 3 is 2.58 bits per heavy atom. The zero-order chi connectivity index (χ0) is 22.0. The smallest absolute Gasteiger partial charge is 0.242 e. The van der Waals surface area contributed by atoms with Crippen LogP contribution in [0.4, 0.5) is 10.8 Å². The molecule has 31 heavy (non-hydrogen) atoms. The van der Waals surface area contributed by atoms with Gasteiger partial charge in [0.1, 0.15) is 5.25 Å². The highest BCUT2D eigenvalue weighted by atomic mass is 35.5. The molecule has 1 unspecified atom stereocenters. The number of benzene rings is 2. The third kappa shape index (κ3) is 5.26. The highest BCUT2D eigenvalue weighted by Gasteiger charge is 2.34. The predicted molar refractivity (Wildman–Crippen MR) is 126 cm³/mol. The van der Waals surface area contributed by atoms with Gasteiger partial charge in [0.05, 0.1) is 0 Å². The van der Waals surface area contributed by atoms with Crippen LogP contribution in [0, 0.1) is 6.92 Å². The first-order valence-corrected chi connectivity index (χ1v) is 11.9. The lowest BCUT2D eigenvalue weighted by atomic mass is 10.1. The second-order valence-electron chi connectivity index (χ2n) is 7.33. The lowest BCUT2D eigenvalue weighted by Gasteiger charge is -2.16. The molecule has 1 aliphatic rings. The molecule has 1 saturated carbocycles. The van der Waals surface area contributed by atoms with Crippen molar-refractivity contribution < 1.29 is 9.59 Å². The normalized spacial score (nSPS) is 14.2. The molecule has 160 valence electrons. The van der Waals surface area contributed by atoms with Gasteiger partial charge in [-0.3, -0.25) is 14.5 Å². The zero-order valence-electron chi connectivity index (χ0n) is 17.0. The molecule has 2 amide bonds. The molecule has 1 atom stereocenters. The summed E-state index contributed by atoms with van der Waals surface area (Å²) in [7, 11) is 0. The monoisotopic (exact) mass is 472 g/mol. The summed E-state index contributed by atoms with van der Waals surface area (Å²) in [5, 5.41) is 12.1. The van der Waals surface area contributed by atoms with Crippen LogP contribution in [0.3, 0.4) is 0 Å². The van der Waals surface area contributed by atoms with Crippen LogP contribution in [-0.2, 0) is 9.59 Å². The molecular formula is C22H21ClN4O2S2. The Balaban J connectivity index is 1.56. The number of aromatic nitrogens is 2. The number of nitrogens with zero attached hydrogens (tertiary/aromatic N) is 3. The van der Waals surface area contributed by atoms with Gasteiger partial charge in [-0.15, -0.1) is 10.2 Å². The SMILES string of the molecule is CC(=O)N(c1nnc(SC(C(=O)Nc2ccc(C)c(Cl)c2)c2ccccc2)s1)C1CC1. The maximum Gasteiger partial charge on any atom is 0.242 e. The van der Waals surface area contributed by atoms with Gasteiger partial charge >= 0.3 is 0 Å². The number of nitrogens with one attached hydrogen (secondary N) is 1. The van der Waals surface area contributed by atoms with E-state index in [1.165, 1.54) is 23.1 Å². The zero-order valence-corrected chi connectivity index (χ0v) is 19.4. The van der Waals surface area contributed by atoms with Gasteiger partial charge in [0.25, 0.3) is 0 Å². The van der Waals surface area contributed by atoms with Crippen LogP contribution in [0.15, 0.2) is 52.9 Å². The fourth-order valence-electron chi connectivity index (χ4n) is 3.11. The molecule has 0 bridgehead atoms. The van der Waals surface area contributed by atoms with Crippen molar-refractivity contribution >= 4 is 57.3 Å². The molecule has 1 N–H and O–H groups in total. The molecule has 1 aliphatic carbocycles. The molecule has 2 aromatic carbocycles. The number of carbonyl (C=O) groups excluding carboxylic acids is 2. The van der Waals surface area contributed by atoms with E-state index in [1.807, 2.05) is 49.4 Å². The first kappa shape index (κ1) is 21.8. The summed E-state index contributed by atoms with van der Waals surface area (Å²) >= 11 is 8.86. The lowest BCUT2D eigenvalue weighted by molar-refractivity contribution is -0.117. The van der Waals surface area contributed by atoms with Crippen LogP contribution in [0.25, 0.3) is 0 Å². The quantitative estimate of drug-likeness (QED) is 0.363. The van der Waals surface area contributed by atoms with E-state index in [1.54, 1.807) is 17.9 Å². The van der Waals surface area contributed by atoms with E-state index in [0.29, 0.717) is 20.2 Å². The Labute approximate surface area is 194 Å². The third-order valence-corrected chi connectivity index (χ3v) is 7.52. The highest BCUT2D eigenvalue weighted by Crippen LogP contribution is 2.41. The number of rotatable bonds is 7. The van der Waals surface area contributed by atoms with Crippen molar-refractivity contribution in [1.82, 2.24) is 10.2 Å². The van der Waals surface area contributed by atoms with Crippen molar-refractivity contribution in [2.24, 2.45) is 0 Å². The topological polar surface area (TPSA) is 75.2 Å². The van der Waals surface area contributed by atoms with Crippen LogP contribution < -0.4 is 10.2 Å². The summed E-state index contributed by atoms with van der Waals surface area (Å²) in [5.41, 5.74) is 2.43. The van der Waals surface area contributed by atoms with Crippen LogP contribution in [-0.4, -0.2) is 28.1 Å². The largest absolute Gasteiger partial charge is 0.325 e. The Morgan fingerprint density at radius 2 is 1.94 bits per heavy atom. The van der Waals surface area contributed by atoms with Crippen LogP contribution in [0.1, 0.15) is 36.1 Å². The number of aryl methyl sites for hydroxylation is 1. The number of anilines is 2. The third-order valence-electron chi connectivity index (χ3n) is 4.85. The van der Waals surface area contributed by atoms with E-state index in [-0.39, 0.29) is 17.9 Å². The summed E-state index contributed by atoms with van der Waals surface area (Å²) in [6.07, 6.45) is 1.96. The second kappa shape index (κ2) is 9.38. The van der Waals surface area contributed by atoms with E-state index in [0.717, 1.165) is 24.0 Å². The molecule has 1 aromatic heterocycles. The Kier molecular flexibility index (Phi) is 6.60. The van der Waals surface area contributed by atoms with Crippen molar-refractivity contribution in [3.8, 4) is 0 Å². The molecule has 9 heteroatoms. The Morgan fingerprint density at radius 1 is 1.19 bits per heavy atom. The number of halogens is 1. The van der Waals surface area contributed by atoms with Crippen LogP contribution >= 0.6 is 34.7 Å². The molecular weight excluding hydrogens is 452 g/mol. The minimum absolute atomic E-state index is 0.0381. The van der Waals surface area contributed by atoms with Gasteiger partial charge in [-0.05, 0) is 43.0 Å². The summed E-state index contributed by atoms with van der Waals surface area (Å²) in [4.78, 5) is 26.9. The van der Waals surface area contributed by atoms with Gasteiger partial charge in [-0.1, -0.05) is 71.1 Å². The fraction of sp³-hybridized carbons (Fsp3) is 0.273. The first-order chi connectivity index (χ1) is 14.9. The maximum atomic E-state index is 13.2.